The number of anilines is 1. The van der Waals surface area contributed by atoms with Crippen LogP contribution < -0.4 is 15.5 Å². The molecule has 0 aromatic heterocycles. The number of para-hydroxylation sites is 1. The first-order chi connectivity index (χ1) is 14.6. The molecule has 1 saturated heterocycles. The molecule has 2 rings (SSSR count). The van der Waals surface area contributed by atoms with E-state index >= 15 is 0 Å². The van der Waals surface area contributed by atoms with Gasteiger partial charge in [-0.3, -0.25) is 9.79 Å². The van der Waals surface area contributed by atoms with Gasteiger partial charge in [0.05, 0.1) is 0 Å². The number of carbonyl (C=O) groups is 1. The van der Waals surface area contributed by atoms with Crippen molar-refractivity contribution < 1.29 is 9.53 Å². The largest absolute Gasteiger partial charge is 0.385 e. The van der Waals surface area contributed by atoms with E-state index in [1.165, 1.54) is 5.69 Å². The molecule has 1 aliphatic rings. The second kappa shape index (κ2) is 13.8. The summed E-state index contributed by atoms with van der Waals surface area (Å²) in [5.74, 6) is 0.936. The first-order valence-electron chi connectivity index (χ1n) is 10.8. The number of amides is 1. The summed E-state index contributed by atoms with van der Waals surface area (Å²) in [6, 6.07) is 10.4. The van der Waals surface area contributed by atoms with E-state index in [4.69, 9.17) is 4.74 Å². The molecular formula is C22H38N6O2. The van der Waals surface area contributed by atoms with E-state index in [2.05, 4.69) is 56.7 Å². The number of carbonyl (C=O) groups excluding carboxylic acids is 1. The molecule has 168 valence electrons. The van der Waals surface area contributed by atoms with Crippen molar-refractivity contribution in [2.45, 2.75) is 12.8 Å². The van der Waals surface area contributed by atoms with Gasteiger partial charge in [0.2, 0.25) is 5.91 Å². The zero-order valence-corrected chi connectivity index (χ0v) is 18.8. The van der Waals surface area contributed by atoms with E-state index in [0.29, 0.717) is 13.0 Å². The Kier molecular flexibility index (Phi) is 11.0. The minimum atomic E-state index is 0.198. The highest BCUT2D eigenvalue weighted by atomic mass is 16.5. The highest BCUT2D eigenvalue weighted by molar-refractivity contribution is 5.81. The van der Waals surface area contributed by atoms with E-state index in [1.54, 1.807) is 14.2 Å². The van der Waals surface area contributed by atoms with E-state index in [1.807, 2.05) is 11.0 Å². The second-order valence-corrected chi connectivity index (χ2v) is 7.53. The van der Waals surface area contributed by atoms with E-state index in [9.17, 15) is 4.79 Å². The lowest BCUT2D eigenvalue weighted by Gasteiger charge is -2.36. The Morgan fingerprint density at radius 1 is 1.10 bits per heavy atom. The van der Waals surface area contributed by atoms with Crippen LogP contribution in [0.25, 0.3) is 0 Å². The van der Waals surface area contributed by atoms with Crippen molar-refractivity contribution in [3.63, 3.8) is 0 Å². The highest BCUT2D eigenvalue weighted by Crippen LogP contribution is 2.15. The molecule has 0 unspecified atom stereocenters. The van der Waals surface area contributed by atoms with Gasteiger partial charge in [-0.1, -0.05) is 18.2 Å². The minimum absolute atomic E-state index is 0.198. The summed E-state index contributed by atoms with van der Waals surface area (Å²) in [6.07, 6.45) is 1.50. The normalized spacial score (nSPS) is 14.9. The Morgan fingerprint density at radius 3 is 2.47 bits per heavy atom. The molecular weight excluding hydrogens is 380 g/mol. The van der Waals surface area contributed by atoms with Crippen LogP contribution in [-0.4, -0.2) is 102 Å². The number of piperazine rings is 1. The lowest BCUT2D eigenvalue weighted by Crippen LogP contribution is -2.49. The van der Waals surface area contributed by atoms with Crippen molar-refractivity contribution >= 4 is 17.6 Å². The maximum absolute atomic E-state index is 12.5. The zero-order chi connectivity index (χ0) is 21.6. The van der Waals surface area contributed by atoms with Gasteiger partial charge in [-0.15, -0.1) is 0 Å². The molecule has 0 bridgehead atoms. The summed E-state index contributed by atoms with van der Waals surface area (Å²) >= 11 is 0. The predicted octanol–water partition coefficient (Wildman–Crippen LogP) is 0.859. The topological polar surface area (TPSA) is 72.4 Å². The number of ether oxygens (including phenoxy) is 1. The molecule has 0 spiro atoms. The number of hydrogen-bond acceptors (Lipinski definition) is 5. The van der Waals surface area contributed by atoms with E-state index in [0.717, 1.165) is 64.8 Å². The standard InChI is InChI=1S/C22H38N6O2/c1-23-22(25-12-14-26(2)13-7-19-30-3)24-11-10-21(29)28-17-15-27(16-18-28)20-8-5-4-6-9-20/h4-6,8-9H,7,10-19H2,1-3H3,(H2,23,24,25). The summed E-state index contributed by atoms with van der Waals surface area (Å²) in [5, 5.41) is 6.54. The van der Waals surface area contributed by atoms with Gasteiger partial charge >= 0.3 is 0 Å². The van der Waals surface area contributed by atoms with Gasteiger partial charge in [0.1, 0.15) is 0 Å². The third-order valence-electron chi connectivity index (χ3n) is 5.28. The monoisotopic (exact) mass is 418 g/mol. The molecule has 0 aliphatic carbocycles. The molecule has 0 atom stereocenters. The SMILES string of the molecule is CN=C(NCCC(=O)N1CCN(c2ccccc2)CC1)NCCN(C)CCCOC. The van der Waals surface area contributed by atoms with Crippen LogP contribution in [0, 0.1) is 0 Å². The van der Waals surface area contributed by atoms with Crippen LogP contribution in [0.15, 0.2) is 35.3 Å². The van der Waals surface area contributed by atoms with Gasteiger partial charge < -0.3 is 30.1 Å². The number of hydrogen-bond donors (Lipinski definition) is 2. The van der Waals surface area contributed by atoms with Crippen molar-refractivity contribution in [2.75, 3.05) is 85.1 Å². The fraction of sp³-hybridized carbons (Fsp3) is 0.636. The Bertz CT molecular complexity index is 632. The molecule has 8 heteroatoms. The van der Waals surface area contributed by atoms with Crippen molar-refractivity contribution in [2.24, 2.45) is 4.99 Å². The molecule has 1 amide bonds. The molecule has 2 N–H and O–H groups in total. The third-order valence-corrected chi connectivity index (χ3v) is 5.28. The van der Waals surface area contributed by atoms with Crippen LogP contribution in [0.5, 0.6) is 0 Å². The molecule has 0 radical (unpaired) electrons. The Hall–Kier alpha value is -2.32. The molecule has 1 aromatic rings. The summed E-state index contributed by atoms with van der Waals surface area (Å²) in [4.78, 5) is 23.3. The Morgan fingerprint density at radius 2 is 1.80 bits per heavy atom. The molecule has 8 nitrogen and oxygen atoms in total. The van der Waals surface area contributed by atoms with Gasteiger partial charge in [0.25, 0.3) is 0 Å². The van der Waals surface area contributed by atoms with Gasteiger partial charge in [0.15, 0.2) is 5.96 Å². The first kappa shape index (κ1) is 24.0. The van der Waals surface area contributed by atoms with E-state index < -0.39 is 0 Å². The lowest BCUT2D eigenvalue weighted by atomic mass is 10.2. The van der Waals surface area contributed by atoms with Crippen LogP contribution in [0.2, 0.25) is 0 Å². The van der Waals surface area contributed by atoms with Gasteiger partial charge in [-0.2, -0.15) is 0 Å². The molecule has 1 aliphatic heterocycles. The number of benzene rings is 1. The summed E-state index contributed by atoms with van der Waals surface area (Å²) in [5.41, 5.74) is 1.23. The van der Waals surface area contributed by atoms with Crippen LogP contribution in [0.3, 0.4) is 0 Å². The number of aliphatic imine (C=N–C) groups is 1. The summed E-state index contributed by atoms with van der Waals surface area (Å²) in [6.45, 7) is 7.42. The predicted molar refractivity (Wildman–Crippen MR) is 123 cm³/mol. The molecule has 1 fully saturated rings. The highest BCUT2D eigenvalue weighted by Gasteiger charge is 2.20. The fourth-order valence-electron chi connectivity index (χ4n) is 3.48. The number of methoxy groups -OCH3 is 1. The molecule has 1 heterocycles. The second-order valence-electron chi connectivity index (χ2n) is 7.53. The Labute approximate surface area is 181 Å². The van der Waals surface area contributed by atoms with Crippen molar-refractivity contribution in [3.8, 4) is 0 Å². The quantitative estimate of drug-likeness (QED) is 0.316. The zero-order valence-electron chi connectivity index (χ0n) is 18.8. The number of nitrogens with zero attached hydrogens (tertiary/aromatic N) is 4. The first-order valence-corrected chi connectivity index (χ1v) is 10.8. The van der Waals surface area contributed by atoms with Crippen LogP contribution in [0.4, 0.5) is 5.69 Å². The molecule has 30 heavy (non-hydrogen) atoms. The molecule has 0 saturated carbocycles. The van der Waals surface area contributed by atoms with Crippen molar-refractivity contribution in [3.05, 3.63) is 30.3 Å². The van der Waals surface area contributed by atoms with Crippen LogP contribution >= 0.6 is 0 Å². The number of guanidine groups is 1. The summed E-state index contributed by atoms with van der Waals surface area (Å²) < 4.78 is 5.08. The minimum Gasteiger partial charge on any atom is -0.385 e. The summed E-state index contributed by atoms with van der Waals surface area (Å²) in [7, 11) is 5.58. The lowest BCUT2D eigenvalue weighted by molar-refractivity contribution is -0.131. The van der Waals surface area contributed by atoms with Gasteiger partial charge in [0, 0.05) is 85.2 Å². The number of likely N-dealkylation sites (N-methyl/N-ethyl adjacent to an activating group) is 1. The van der Waals surface area contributed by atoms with Crippen molar-refractivity contribution in [1.29, 1.82) is 0 Å². The average molecular weight is 419 g/mol. The van der Waals surface area contributed by atoms with Crippen LogP contribution in [0.1, 0.15) is 12.8 Å². The average Bonchev–Trinajstić information content (AvgIpc) is 2.79. The smallest absolute Gasteiger partial charge is 0.224 e. The molecule has 1 aromatic carbocycles. The number of rotatable bonds is 11. The third kappa shape index (κ3) is 8.59. The van der Waals surface area contributed by atoms with Gasteiger partial charge in [-0.25, -0.2) is 0 Å². The Balaban J connectivity index is 1.59. The van der Waals surface area contributed by atoms with Gasteiger partial charge in [-0.05, 0) is 25.6 Å². The number of nitrogens with one attached hydrogen (secondary N) is 2. The van der Waals surface area contributed by atoms with Crippen LogP contribution in [-0.2, 0) is 9.53 Å². The van der Waals surface area contributed by atoms with Crippen molar-refractivity contribution in [1.82, 2.24) is 20.4 Å². The van der Waals surface area contributed by atoms with E-state index in [-0.39, 0.29) is 5.91 Å². The fourth-order valence-corrected chi connectivity index (χ4v) is 3.48. The maximum Gasteiger partial charge on any atom is 0.224 e. The maximum atomic E-state index is 12.5.